The molecule has 0 aliphatic carbocycles. The normalized spacial score (nSPS) is 11.4. The number of allylic oxidation sites excluding steroid dienone is 1. The molecule has 0 saturated carbocycles. The third-order valence-corrected chi connectivity index (χ3v) is 3.26. The second-order valence-electron chi connectivity index (χ2n) is 4.55. The fourth-order valence-corrected chi connectivity index (χ4v) is 2.11. The fraction of sp³-hybridized carbons (Fsp3) is 0. The van der Waals surface area contributed by atoms with Gasteiger partial charge in [-0.15, -0.1) is 0 Å². The molecule has 0 atom stereocenters. The Labute approximate surface area is 136 Å². The third-order valence-electron chi connectivity index (χ3n) is 2.87. The topological polar surface area (TPSA) is 104 Å². The van der Waals surface area contributed by atoms with Crippen LogP contribution < -0.4 is 4.18 Å². The molecule has 7 nitrogen and oxygen atoms in total. The van der Waals surface area contributed by atoms with Gasteiger partial charge < -0.3 is 4.18 Å². The van der Waals surface area contributed by atoms with Crippen molar-refractivity contribution >= 4 is 28.1 Å². The van der Waals surface area contributed by atoms with Crippen molar-refractivity contribution in [2.24, 2.45) is 0 Å². The zero-order valence-corrected chi connectivity index (χ0v) is 12.8. The van der Waals surface area contributed by atoms with Gasteiger partial charge in [-0.3, -0.25) is 14.9 Å². The van der Waals surface area contributed by atoms with E-state index in [1.165, 1.54) is 60.7 Å². The number of nitro benzene ring substituents is 1. The summed E-state index contributed by atoms with van der Waals surface area (Å²) in [4.78, 5) is 21.9. The van der Waals surface area contributed by atoms with E-state index in [1.54, 1.807) is 0 Å². The van der Waals surface area contributed by atoms with Crippen molar-refractivity contribution in [2.75, 3.05) is 0 Å². The molecule has 0 amide bonds. The molecular weight excluding hydrogens is 341 g/mol. The van der Waals surface area contributed by atoms with E-state index in [1.807, 2.05) is 0 Å². The maximum absolute atomic E-state index is 12.3. The lowest BCUT2D eigenvalue weighted by Crippen LogP contribution is -2.00. The van der Waals surface area contributed by atoms with Gasteiger partial charge >= 0.3 is 10.5 Å². The van der Waals surface area contributed by atoms with Gasteiger partial charge in [0, 0.05) is 17.7 Å². The SMILES string of the molecule is O=C(/C=C/c1ccc(OS(=O)(=O)F)cc1)c1ccc([N+](=O)[O-])cc1. The van der Waals surface area contributed by atoms with Crippen LogP contribution in [0.4, 0.5) is 9.57 Å². The van der Waals surface area contributed by atoms with E-state index >= 15 is 0 Å². The number of non-ortho nitro benzene ring substituents is 1. The van der Waals surface area contributed by atoms with Crippen LogP contribution in [0.25, 0.3) is 6.08 Å². The van der Waals surface area contributed by atoms with Gasteiger partial charge in [0.15, 0.2) is 5.78 Å². The molecule has 0 heterocycles. The number of benzene rings is 2. The molecule has 2 aromatic rings. The molecule has 0 saturated heterocycles. The third kappa shape index (κ3) is 4.99. The van der Waals surface area contributed by atoms with Crippen LogP contribution in [-0.2, 0) is 10.5 Å². The smallest absolute Gasteiger partial charge is 0.358 e. The summed E-state index contributed by atoms with van der Waals surface area (Å²) in [6.07, 6.45) is 2.71. The molecule has 9 heteroatoms. The fourth-order valence-electron chi connectivity index (χ4n) is 1.76. The number of rotatable bonds is 6. The molecular formula is C15H10FNO6S. The predicted molar refractivity (Wildman–Crippen MR) is 83.6 cm³/mol. The molecule has 0 aliphatic heterocycles. The number of ketones is 1. The highest BCUT2D eigenvalue weighted by atomic mass is 32.3. The molecule has 0 radical (unpaired) electrons. The van der Waals surface area contributed by atoms with E-state index in [2.05, 4.69) is 4.18 Å². The Kier molecular flexibility index (Phi) is 5.05. The summed E-state index contributed by atoms with van der Waals surface area (Å²) >= 11 is 0. The highest BCUT2D eigenvalue weighted by molar-refractivity contribution is 7.81. The molecule has 0 fully saturated rings. The highest BCUT2D eigenvalue weighted by Crippen LogP contribution is 2.17. The standard InChI is InChI=1S/C15H10FNO6S/c16-24(21,22)23-14-8-1-11(2-9-14)3-10-15(18)12-4-6-13(7-5-12)17(19)20/h1-10H/b10-3+. The van der Waals surface area contributed by atoms with Gasteiger partial charge in [0.05, 0.1) is 4.92 Å². The van der Waals surface area contributed by atoms with Crippen molar-refractivity contribution in [3.05, 3.63) is 75.8 Å². The van der Waals surface area contributed by atoms with E-state index in [0.29, 0.717) is 5.56 Å². The number of carbonyl (C=O) groups is 1. The van der Waals surface area contributed by atoms with Crippen LogP contribution in [0, 0.1) is 10.1 Å². The van der Waals surface area contributed by atoms with Crippen LogP contribution >= 0.6 is 0 Å². The summed E-state index contributed by atoms with van der Waals surface area (Å²) in [6, 6.07) is 10.5. The average molecular weight is 351 g/mol. The van der Waals surface area contributed by atoms with Crippen LogP contribution in [0.15, 0.2) is 54.6 Å². The van der Waals surface area contributed by atoms with E-state index in [9.17, 15) is 27.2 Å². The van der Waals surface area contributed by atoms with Gasteiger partial charge in [0.2, 0.25) is 0 Å². The van der Waals surface area contributed by atoms with Crippen molar-refractivity contribution < 1.29 is 26.2 Å². The van der Waals surface area contributed by atoms with Gasteiger partial charge in [0.1, 0.15) is 5.75 Å². The number of hydrogen-bond acceptors (Lipinski definition) is 6. The highest BCUT2D eigenvalue weighted by Gasteiger charge is 2.09. The van der Waals surface area contributed by atoms with Crippen LogP contribution in [0.2, 0.25) is 0 Å². The van der Waals surface area contributed by atoms with Crippen LogP contribution in [0.3, 0.4) is 0 Å². The Morgan fingerprint density at radius 3 is 2.17 bits per heavy atom. The van der Waals surface area contributed by atoms with Crippen molar-refractivity contribution in [1.82, 2.24) is 0 Å². The molecule has 24 heavy (non-hydrogen) atoms. The summed E-state index contributed by atoms with van der Waals surface area (Å²) in [7, 11) is -5.08. The van der Waals surface area contributed by atoms with Crippen LogP contribution in [-0.4, -0.2) is 19.1 Å². The lowest BCUT2D eigenvalue weighted by Gasteiger charge is -2.00. The second kappa shape index (κ2) is 7.01. The minimum Gasteiger partial charge on any atom is -0.358 e. The number of halogens is 1. The Morgan fingerprint density at radius 2 is 1.67 bits per heavy atom. The second-order valence-corrected chi connectivity index (χ2v) is 5.50. The quantitative estimate of drug-likeness (QED) is 0.260. The van der Waals surface area contributed by atoms with Gasteiger partial charge in [0.25, 0.3) is 5.69 Å². The Balaban J connectivity index is 2.07. The molecule has 2 aromatic carbocycles. The minimum atomic E-state index is -5.08. The molecule has 0 spiro atoms. The van der Waals surface area contributed by atoms with Gasteiger partial charge in [-0.2, -0.15) is 8.42 Å². The number of nitro groups is 1. The molecule has 124 valence electrons. The summed E-state index contributed by atoms with van der Waals surface area (Å²) < 4.78 is 37.1. The lowest BCUT2D eigenvalue weighted by atomic mass is 10.1. The first-order chi connectivity index (χ1) is 11.2. The van der Waals surface area contributed by atoms with Gasteiger partial charge in [-0.05, 0) is 35.9 Å². The average Bonchev–Trinajstić information content (AvgIpc) is 2.52. The van der Waals surface area contributed by atoms with Gasteiger partial charge in [-0.1, -0.05) is 22.1 Å². The number of carbonyl (C=O) groups excluding carboxylic acids is 1. The summed E-state index contributed by atoms with van der Waals surface area (Å²) in [5, 5.41) is 10.5. The van der Waals surface area contributed by atoms with Crippen molar-refractivity contribution in [1.29, 1.82) is 0 Å². The van der Waals surface area contributed by atoms with E-state index < -0.39 is 15.4 Å². The Hall–Kier alpha value is -3.07. The molecule has 0 aromatic heterocycles. The summed E-state index contributed by atoms with van der Waals surface area (Å²) in [5.74, 6) is -0.562. The first kappa shape index (κ1) is 17.3. The van der Waals surface area contributed by atoms with Crippen molar-refractivity contribution in [3.8, 4) is 5.75 Å². The molecule has 0 unspecified atom stereocenters. The number of nitrogens with zero attached hydrogens (tertiary/aromatic N) is 1. The van der Waals surface area contributed by atoms with Crippen LogP contribution in [0.1, 0.15) is 15.9 Å². The van der Waals surface area contributed by atoms with Crippen molar-refractivity contribution in [3.63, 3.8) is 0 Å². The molecule has 0 N–H and O–H groups in total. The van der Waals surface area contributed by atoms with E-state index in [4.69, 9.17) is 0 Å². The molecule has 0 bridgehead atoms. The zero-order chi connectivity index (χ0) is 17.7. The summed E-state index contributed by atoms with van der Waals surface area (Å²) in [5.41, 5.74) is 0.711. The number of hydrogen-bond donors (Lipinski definition) is 0. The lowest BCUT2D eigenvalue weighted by molar-refractivity contribution is -0.384. The van der Waals surface area contributed by atoms with Crippen molar-refractivity contribution in [2.45, 2.75) is 0 Å². The zero-order valence-electron chi connectivity index (χ0n) is 12.0. The van der Waals surface area contributed by atoms with Crippen LogP contribution in [0.5, 0.6) is 5.75 Å². The first-order valence-corrected chi connectivity index (χ1v) is 7.76. The first-order valence-electron chi connectivity index (χ1n) is 6.45. The summed E-state index contributed by atoms with van der Waals surface area (Å²) in [6.45, 7) is 0. The predicted octanol–water partition coefficient (Wildman–Crippen LogP) is 3.08. The Morgan fingerprint density at radius 1 is 1.08 bits per heavy atom. The van der Waals surface area contributed by atoms with E-state index in [-0.39, 0.29) is 22.8 Å². The van der Waals surface area contributed by atoms with Gasteiger partial charge in [-0.25, -0.2) is 0 Å². The molecule has 0 aliphatic rings. The Bertz CT molecular complexity index is 889. The maximum Gasteiger partial charge on any atom is 0.488 e. The van der Waals surface area contributed by atoms with E-state index in [0.717, 1.165) is 0 Å². The molecule has 2 rings (SSSR count). The largest absolute Gasteiger partial charge is 0.488 e. The monoisotopic (exact) mass is 351 g/mol. The minimum absolute atomic E-state index is 0.117. The maximum atomic E-state index is 12.3.